The maximum absolute atomic E-state index is 8.05. The van der Waals surface area contributed by atoms with Gasteiger partial charge >= 0.3 is 0 Å². The van der Waals surface area contributed by atoms with Gasteiger partial charge in [-0.15, -0.1) is 6.58 Å². The van der Waals surface area contributed by atoms with Gasteiger partial charge in [0.25, 0.3) is 0 Å². The van der Waals surface area contributed by atoms with E-state index in [0.29, 0.717) is 4.32 Å². The van der Waals surface area contributed by atoms with Gasteiger partial charge in [0.15, 0.2) is 6.19 Å². The Kier molecular flexibility index (Phi) is 5.27. The summed E-state index contributed by atoms with van der Waals surface area (Å²) in [5.41, 5.74) is 0. The van der Waals surface area contributed by atoms with Crippen LogP contribution >= 0.6 is 24.0 Å². The van der Waals surface area contributed by atoms with Crippen molar-refractivity contribution in [1.82, 2.24) is 5.32 Å². The summed E-state index contributed by atoms with van der Waals surface area (Å²) in [6, 6.07) is 0. The zero-order valence-corrected chi connectivity index (χ0v) is 6.39. The number of hydrogen-bond donors (Lipinski definition) is 1. The third kappa shape index (κ3) is 5.34. The van der Waals surface area contributed by atoms with Gasteiger partial charge in [-0.1, -0.05) is 30.1 Å². The van der Waals surface area contributed by atoms with E-state index in [4.69, 9.17) is 17.5 Å². The molecule has 0 rings (SSSR count). The summed E-state index contributed by atoms with van der Waals surface area (Å²) in [6.07, 6.45) is 3.46. The number of hydrogen-bond acceptors (Lipinski definition) is 3. The van der Waals surface area contributed by atoms with Crippen LogP contribution in [0.4, 0.5) is 0 Å². The van der Waals surface area contributed by atoms with Crippen LogP contribution in [-0.4, -0.2) is 10.1 Å². The quantitative estimate of drug-likeness (QED) is 0.284. The number of rotatable bonds is 2. The summed E-state index contributed by atoms with van der Waals surface area (Å²) >= 11 is 6.08. The van der Waals surface area contributed by atoms with Crippen molar-refractivity contribution in [1.29, 1.82) is 5.26 Å². The van der Waals surface area contributed by atoms with Gasteiger partial charge in [-0.3, -0.25) is 5.32 Å². The van der Waals surface area contributed by atoms with Crippen LogP contribution in [0, 0.1) is 11.5 Å². The molecule has 4 heteroatoms. The number of thioether (sulfide) groups is 1. The van der Waals surface area contributed by atoms with Crippen molar-refractivity contribution in [3.8, 4) is 6.19 Å². The van der Waals surface area contributed by atoms with Crippen LogP contribution in [0.2, 0.25) is 0 Å². The molecular weight excluding hydrogens is 152 g/mol. The number of thiocarbonyl (C=S) groups is 1. The Morgan fingerprint density at radius 3 is 3.11 bits per heavy atom. The fourth-order valence-electron chi connectivity index (χ4n) is 0.216. The molecule has 0 saturated heterocycles. The number of nitrogens with zero attached hydrogens (tertiary/aromatic N) is 1. The second-order valence-corrected chi connectivity index (χ2v) is 2.82. The highest BCUT2D eigenvalue weighted by atomic mass is 32.2. The highest BCUT2D eigenvalue weighted by Crippen LogP contribution is 1.99. The SMILES string of the molecule is C=CCSC(=S)NC#N. The van der Waals surface area contributed by atoms with Crippen LogP contribution < -0.4 is 5.32 Å². The van der Waals surface area contributed by atoms with E-state index >= 15 is 0 Å². The van der Waals surface area contributed by atoms with Crippen molar-refractivity contribution in [2.24, 2.45) is 0 Å². The molecule has 0 aliphatic carbocycles. The molecule has 0 saturated carbocycles. The van der Waals surface area contributed by atoms with Gasteiger partial charge in [-0.2, -0.15) is 5.26 Å². The van der Waals surface area contributed by atoms with Crippen molar-refractivity contribution in [3.63, 3.8) is 0 Å². The predicted molar refractivity (Wildman–Crippen MR) is 44.0 cm³/mol. The molecule has 0 aromatic carbocycles. The first kappa shape index (κ1) is 8.47. The van der Waals surface area contributed by atoms with Crippen LogP contribution in [0.25, 0.3) is 0 Å². The van der Waals surface area contributed by atoms with E-state index in [2.05, 4.69) is 11.9 Å². The molecule has 1 N–H and O–H groups in total. The van der Waals surface area contributed by atoms with Crippen LogP contribution in [-0.2, 0) is 0 Å². The fraction of sp³-hybridized carbons (Fsp3) is 0.200. The molecule has 0 unspecified atom stereocenters. The third-order valence-electron chi connectivity index (χ3n) is 0.490. The van der Waals surface area contributed by atoms with Crippen LogP contribution in [0.15, 0.2) is 12.7 Å². The van der Waals surface area contributed by atoms with Crippen LogP contribution in [0.5, 0.6) is 0 Å². The van der Waals surface area contributed by atoms with Gasteiger partial charge < -0.3 is 0 Å². The number of nitriles is 1. The van der Waals surface area contributed by atoms with Crippen LogP contribution in [0.1, 0.15) is 0 Å². The lowest BCUT2D eigenvalue weighted by Crippen LogP contribution is -2.10. The van der Waals surface area contributed by atoms with Gasteiger partial charge in [0.2, 0.25) is 0 Å². The fourth-order valence-corrected chi connectivity index (χ4v) is 0.853. The van der Waals surface area contributed by atoms with Crippen molar-refractivity contribution in [2.75, 3.05) is 5.75 Å². The molecule has 0 spiro atoms. The first-order valence-electron chi connectivity index (χ1n) is 2.24. The molecule has 0 atom stereocenters. The molecule has 2 nitrogen and oxygen atoms in total. The van der Waals surface area contributed by atoms with Crippen molar-refractivity contribution in [3.05, 3.63) is 12.7 Å². The van der Waals surface area contributed by atoms with Crippen molar-refractivity contribution < 1.29 is 0 Å². The zero-order valence-electron chi connectivity index (χ0n) is 4.76. The van der Waals surface area contributed by atoms with E-state index in [0.717, 1.165) is 5.75 Å². The monoisotopic (exact) mass is 158 g/mol. The van der Waals surface area contributed by atoms with Crippen molar-refractivity contribution >= 4 is 28.3 Å². The first-order chi connectivity index (χ1) is 4.31. The lowest BCUT2D eigenvalue weighted by Gasteiger charge is -1.93. The largest absolute Gasteiger partial charge is 0.278 e. The average Bonchev–Trinajstić information content (AvgIpc) is 1.85. The zero-order chi connectivity index (χ0) is 7.11. The molecule has 0 aromatic rings. The number of nitrogens with one attached hydrogen (secondary N) is 1. The lowest BCUT2D eigenvalue weighted by atomic mass is 10.8. The van der Waals surface area contributed by atoms with E-state index in [1.54, 1.807) is 12.3 Å². The summed E-state index contributed by atoms with van der Waals surface area (Å²) in [5.74, 6) is 0.744. The molecule has 48 valence electrons. The molecular formula is C5H6N2S2. The first-order valence-corrected chi connectivity index (χ1v) is 3.63. The maximum atomic E-state index is 8.05. The van der Waals surface area contributed by atoms with Gasteiger partial charge in [0, 0.05) is 5.75 Å². The molecule has 0 bridgehead atoms. The van der Waals surface area contributed by atoms with E-state index in [1.807, 2.05) is 0 Å². The second-order valence-electron chi connectivity index (χ2n) is 1.12. The molecule has 0 aromatic heterocycles. The standard InChI is InChI=1S/C5H6N2S2/c1-2-3-9-5(8)7-4-6/h2H,1,3H2,(H,7,8). The maximum Gasteiger partial charge on any atom is 0.182 e. The predicted octanol–water partition coefficient (Wildman–Crippen LogP) is 1.26. The Labute approximate surface area is 63.9 Å². The van der Waals surface area contributed by atoms with Gasteiger partial charge in [-0.05, 0) is 0 Å². The molecule has 9 heavy (non-hydrogen) atoms. The van der Waals surface area contributed by atoms with Gasteiger partial charge in [0.05, 0.1) is 0 Å². The third-order valence-corrected chi connectivity index (χ3v) is 1.71. The molecule has 0 amide bonds. The minimum absolute atomic E-state index is 0.498. The highest BCUT2D eigenvalue weighted by molar-refractivity contribution is 8.23. The van der Waals surface area contributed by atoms with E-state index in [-0.39, 0.29) is 0 Å². The highest BCUT2D eigenvalue weighted by Gasteiger charge is 1.89. The Hall–Kier alpha value is -0.530. The normalized spacial score (nSPS) is 7.44. The molecule has 0 aliphatic heterocycles. The van der Waals surface area contributed by atoms with Gasteiger partial charge in [-0.25, -0.2) is 0 Å². The minimum Gasteiger partial charge on any atom is -0.278 e. The smallest absolute Gasteiger partial charge is 0.182 e. The summed E-state index contributed by atoms with van der Waals surface area (Å²) in [4.78, 5) is 0. The molecule has 0 fully saturated rings. The Morgan fingerprint density at radius 2 is 2.67 bits per heavy atom. The summed E-state index contributed by atoms with van der Waals surface area (Å²) in [5, 5.41) is 10.4. The summed E-state index contributed by atoms with van der Waals surface area (Å²) in [6.45, 7) is 3.50. The average molecular weight is 158 g/mol. The summed E-state index contributed by atoms with van der Waals surface area (Å²) < 4.78 is 0.498. The second kappa shape index (κ2) is 5.60. The Bertz CT molecular complexity index is 148. The van der Waals surface area contributed by atoms with E-state index in [1.165, 1.54) is 11.8 Å². The van der Waals surface area contributed by atoms with Gasteiger partial charge in [0.1, 0.15) is 4.32 Å². The Morgan fingerprint density at radius 1 is 2.00 bits per heavy atom. The van der Waals surface area contributed by atoms with E-state index < -0.39 is 0 Å². The molecule has 0 radical (unpaired) electrons. The van der Waals surface area contributed by atoms with Crippen LogP contribution in [0.3, 0.4) is 0 Å². The minimum atomic E-state index is 0.498. The van der Waals surface area contributed by atoms with E-state index in [9.17, 15) is 0 Å². The summed E-state index contributed by atoms with van der Waals surface area (Å²) in [7, 11) is 0. The molecule has 0 heterocycles. The lowest BCUT2D eigenvalue weighted by molar-refractivity contribution is 1.31. The Balaban J connectivity index is 3.29. The molecule has 0 aliphatic rings. The van der Waals surface area contributed by atoms with Crippen molar-refractivity contribution in [2.45, 2.75) is 0 Å². The topological polar surface area (TPSA) is 35.8 Å².